The zero-order chi connectivity index (χ0) is 13.1. The Kier molecular flexibility index (Phi) is 3.82. The third kappa shape index (κ3) is 2.62. The number of fused-ring (bicyclic) bond motifs is 1. The molecule has 0 aliphatic heterocycles. The van der Waals surface area contributed by atoms with Crippen LogP contribution in [-0.4, -0.2) is 18.1 Å². The van der Waals surface area contributed by atoms with Crippen LogP contribution in [0.2, 0.25) is 5.02 Å². The minimum absolute atomic E-state index is 0.228. The van der Waals surface area contributed by atoms with E-state index in [0.717, 1.165) is 22.2 Å². The predicted molar refractivity (Wildman–Crippen MR) is 71.8 cm³/mol. The summed E-state index contributed by atoms with van der Waals surface area (Å²) < 4.78 is 4.62. The number of pyridine rings is 1. The third-order valence-electron chi connectivity index (χ3n) is 2.86. The predicted octanol–water partition coefficient (Wildman–Crippen LogP) is 3.30. The summed E-state index contributed by atoms with van der Waals surface area (Å²) in [7, 11) is 1.39. The summed E-state index contributed by atoms with van der Waals surface area (Å²) in [6.45, 7) is 2.02. The normalized spacial score (nSPS) is 10.6. The van der Waals surface area contributed by atoms with Gasteiger partial charge in [-0.05, 0) is 24.6 Å². The zero-order valence-electron chi connectivity index (χ0n) is 10.4. The van der Waals surface area contributed by atoms with Gasteiger partial charge in [-0.15, -0.1) is 0 Å². The largest absolute Gasteiger partial charge is 0.469 e. The van der Waals surface area contributed by atoms with Crippen molar-refractivity contribution in [2.75, 3.05) is 7.11 Å². The Balaban J connectivity index is 2.36. The maximum Gasteiger partial charge on any atom is 0.305 e. The number of esters is 1. The quantitative estimate of drug-likeness (QED) is 0.798. The smallest absolute Gasteiger partial charge is 0.305 e. The van der Waals surface area contributed by atoms with E-state index in [1.807, 2.05) is 31.2 Å². The molecule has 0 saturated heterocycles. The molecule has 0 bridgehead atoms. The lowest BCUT2D eigenvalue weighted by atomic mass is 10.1. The van der Waals surface area contributed by atoms with Crippen LogP contribution in [0.25, 0.3) is 10.9 Å². The molecule has 1 aromatic heterocycles. The van der Waals surface area contributed by atoms with Crippen LogP contribution in [0, 0.1) is 6.92 Å². The lowest BCUT2D eigenvalue weighted by Crippen LogP contribution is -2.03. The summed E-state index contributed by atoms with van der Waals surface area (Å²) in [4.78, 5) is 15.6. The minimum Gasteiger partial charge on any atom is -0.469 e. The molecule has 4 heteroatoms. The molecule has 0 N–H and O–H groups in total. The van der Waals surface area contributed by atoms with Crippen molar-refractivity contribution in [1.29, 1.82) is 0 Å². The van der Waals surface area contributed by atoms with Gasteiger partial charge < -0.3 is 4.74 Å². The molecule has 1 heterocycles. The van der Waals surface area contributed by atoms with Gasteiger partial charge in [0, 0.05) is 17.5 Å². The van der Waals surface area contributed by atoms with Gasteiger partial charge in [-0.1, -0.05) is 23.7 Å². The number of methoxy groups -OCH3 is 1. The van der Waals surface area contributed by atoms with Crippen LogP contribution in [0.4, 0.5) is 0 Å². The van der Waals surface area contributed by atoms with E-state index in [9.17, 15) is 4.79 Å². The summed E-state index contributed by atoms with van der Waals surface area (Å²) in [5, 5.41) is 1.68. The first-order valence-electron chi connectivity index (χ1n) is 5.73. The van der Waals surface area contributed by atoms with Crippen molar-refractivity contribution < 1.29 is 9.53 Å². The van der Waals surface area contributed by atoms with E-state index in [-0.39, 0.29) is 5.97 Å². The Hall–Kier alpha value is -1.61. The van der Waals surface area contributed by atoms with Crippen LogP contribution < -0.4 is 0 Å². The fraction of sp³-hybridized carbons (Fsp3) is 0.286. The minimum atomic E-state index is -0.228. The highest BCUT2D eigenvalue weighted by atomic mass is 35.5. The fourth-order valence-corrected chi connectivity index (χ4v) is 2.13. The van der Waals surface area contributed by atoms with Crippen molar-refractivity contribution in [2.24, 2.45) is 0 Å². The van der Waals surface area contributed by atoms with Gasteiger partial charge in [0.1, 0.15) is 0 Å². The molecule has 1 aromatic carbocycles. The fourth-order valence-electron chi connectivity index (χ4n) is 1.91. The third-order valence-corrected chi connectivity index (χ3v) is 3.17. The zero-order valence-corrected chi connectivity index (χ0v) is 11.1. The Morgan fingerprint density at radius 3 is 2.94 bits per heavy atom. The molecule has 0 spiro atoms. The van der Waals surface area contributed by atoms with Crippen LogP contribution in [0.3, 0.4) is 0 Å². The summed E-state index contributed by atoms with van der Waals surface area (Å²) >= 11 is 6.14. The summed E-state index contributed by atoms with van der Waals surface area (Å²) in [6.07, 6.45) is 0.896. The molecule has 0 aliphatic rings. The van der Waals surface area contributed by atoms with Crippen molar-refractivity contribution in [2.45, 2.75) is 19.8 Å². The number of aryl methyl sites for hydroxylation is 2. The number of halogens is 1. The topological polar surface area (TPSA) is 39.2 Å². The molecule has 0 aliphatic carbocycles. The van der Waals surface area contributed by atoms with Crippen molar-refractivity contribution in [1.82, 2.24) is 4.98 Å². The van der Waals surface area contributed by atoms with Gasteiger partial charge >= 0.3 is 5.97 Å². The van der Waals surface area contributed by atoms with Gasteiger partial charge in [-0.25, -0.2) is 0 Å². The Morgan fingerprint density at radius 2 is 2.22 bits per heavy atom. The molecule has 18 heavy (non-hydrogen) atoms. The van der Waals surface area contributed by atoms with Crippen LogP contribution in [0.1, 0.15) is 17.7 Å². The maximum atomic E-state index is 11.1. The monoisotopic (exact) mass is 263 g/mol. The van der Waals surface area contributed by atoms with Gasteiger partial charge in [-0.2, -0.15) is 0 Å². The van der Waals surface area contributed by atoms with Gasteiger partial charge in [0.05, 0.1) is 24.1 Å². The molecule has 2 aromatic rings. The molecule has 2 rings (SSSR count). The molecule has 94 valence electrons. The van der Waals surface area contributed by atoms with Crippen LogP contribution in [0.15, 0.2) is 24.3 Å². The van der Waals surface area contributed by atoms with Gasteiger partial charge in [-0.3, -0.25) is 9.78 Å². The number of hydrogen-bond acceptors (Lipinski definition) is 3. The van der Waals surface area contributed by atoms with Gasteiger partial charge in [0.15, 0.2) is 0 Å². The molecule has 3 nitrogen and oxygen atoms in total. The Bertz CT molecular complexity index is 596. The van der Waals surface area contributed by atoms with E-state index in [2.05, 4.69) is 9.72 Å². The molecule has 0 radical (unpaired) electrons. The average Bonchev–Trinajstić information content (AvgIpc) is 2.37. The number of benzene rings is 1. The average molecular weight is 264 g/mol. The highest BCUT2D eigenvalue weighted by Gasteiger charge is 2.07. The molecule has 0 saturated carbocycles. The van der Waals surface area contributed by atoms with E-state index < -0.39 is 0 Å². The SMILES string of the molecule is COC(=O)CCc1cc(C)c2cccc(Cl)c2n1. The highest BCUT2D eigenvalue weighted by molar-refractivity contribution is 6.35. The van der Waals surface area contributed by atoms with Crippen LogP contribution in [0.5, 0.6) is 0 Å². The van der Waals surface area contributed by atoms with Gasteiger partial charge in [0.2, 0.25) is 0 Å². The number of carbonyl (C=O) groups excluding carboxylic acids is 1. The maximum absolute atomic E-state index is 11.1. The second kappa shape index (κ2) is 5.36. The number of hydrogen-bond donors (Lipinski definition) is 0. The number of carbonyl (C=O) groups is 1. The molecular formula is C14H14ClNO2. The first-order chi connectivity index (χ1) is 8.61. The number of nitrogens with zero attached hydrogens (tertiary/aromatic N) is 1. The van der Waals surface area contributed by atoms with Crippen LogP contribution in [-0.2, 0) is 16.0 Å². The summed E-state index contributed by atoms with van der Waals surface area (Å²) in [5.41, 5.74) is 2.76. The van der Waals surface area contributed by atoms with Crippen molar-refractivity contribution in [3.63, 3.8) is 0 Å². The van der Waals surface area contributed by atoms with Crippen molar-refractivity contribution in [3.8, 4) is 0 Å². The Labute approximate surface area is 111 Å². The number of rotatable bonds is 3. The molecular weight excluding hydrogens is 250 g/mol. The van der Waals surface area contributed by atoms with E-state index in [0.29, 0.717) is 17.9 Å². The lowest BCUT2D eigenvalue weighted by Gasteiger charge is -2.07. The summed E-state index contributed by atoms with van der Waals surface area (Å²) in [6, 6.07) is 7.71. The first kappa shape index (κ1) is 12.8. The summed E-state index contributed by atoms with van der Waals surface area (Å²) in [5.74, 6) is -0.228. The number of ether oxygens (including phenoxy) is 1. The lowest BCUT2D eigenvalue weighted by molar-refractivity contribution is -0.140. The number of aromatic nitrogens is 1. The second-order valence-electron chi connectivity index (χ2n) is 4.14. The van der Waals surface area contributed by atoms with E-state index in [4.69, 9.17) is 11.6 Å². The first-order valence-corrected chi connectivity index (χ1v) is 6.11. The van der Waals surface area contributed by atoms with Crippen molar-refractivity contribution >= 4 is 28.5 Å². The van der Waals surface area contributed by atoms with E-state index in [1.54, 1.807) is 0 Å². The second-order valence-corrected chi connectivity index (χ2v) is 4.55. The molecule has 0 fully saturated rings. The Morgan fingerprint density at radius 1 is 1.44 bits per heavy atom. The highest BCUT2D eigenvalue weighted by Crippen LogP contribution is 2.25. The van der Waals surface area contributed by atoms with E-state index >= 15 is 0 Å². The van der Waals surface area contributed by atoms with Crippen molar-refractivity contribution in [3.05, 3.63) is 40.5 Å². The van der Waals surface area contributed by atoms with Crippen LogP contribution >= 0.6 is 11.6 Å². The van der Waals surface area contributed by atoms with Gasteiger partial charge in [0.25, 0.3) is 0 Å². The standard InChI is InChI=1S/C14H14ClNO2/c1-9-8-10(6-7-13(17)18-2)16-14-11(9)4-3-5-12(14)15/h3-5,8H,6-7H2,1-2H3. The molecule has 0 unspecified atom stereocenters. The molecule has 0 atom stereocenters. The number of para-hydroxylation sites is 1. The van der Waals surface area contributed by atoms with E-state index in [1.165, 1.54) is 7.11 Å². The molecule has 0 amide bonds.